The highest BCUT2D eigenvalue weighted by atomic mass is 35.5. The Hall–Kier alpha value is -0.990. The van der Waals surface area contributed by atoms with E-state index in [2.05, 4.69) is 55.9 Å². The molecule has 1 aromatic heterocycles. The van der Waals surface area contributed by atoms with Gasteiger partial charge in [-0.2, -0.15) is 0 Å². The van der Waals surface area contributed by atoms with Gasteiger partial charge in [0.05, 0.1) is 0 Å². The van der Waals surface area contributed by atoms with E-state index in [1.165, 1.54) is 16.5 Å². The summed E-state index contributed by atoms with van der Waals surface area (Å²) in [7, 11) is 0. The lowest BCUT2D eigenvalue weighted by Gasteiger charge is -2.20. The second-order valence-corrected chi connectivity index (χ2v) is 6.55. The van der Waals surface area contributed by atoms with Crippen LogP contribution in [0.15, 0.2) is 24.4 Å². The normalized spacial score (nSPS) is 12.3. The summed E-state index contributed by atoms with van der Waals surface area (Å²) in [5.74, 6) is 0. The second-order valence-electron chi connectivity index (χ2n) is 6.11. The maximum atomic E-state index is 6.12. The molecule has 3 heteroatoms. The van der Waals surface area contributed by atoms with E-state index in [0.717, 1.165) is 24.5 Å². The standard InChI is InChI=1S/C16H23ClN2/c1-5-8-19-11-12(10-18-16(2,3)4)14-7-6-13(17)9-15(14)19/h6-7,9,11,18H,5,8,10H2,1-4H3. The molecule has 1 heterocycles. The average molecular weight is 279 g/mol. The monoisotopic (exact) mass is 278 g/mol. The molecule has 2 rings (SSSR count). The van der Waals surface area contributed by atoms with E-state index < -0.39 is 0 Å². The number of benzene rings is 1. The van der Waals surface area contributed by atoms with Crippen molar-refractivity contribution in [2.45, 2.75) is 52.7 Å². The van der Waals surface area contributed by atoms with E-state index in [-0.39, 0.29) is 5.54 Å². The van der Waals surface area contributed by atoms with E-state index in [1.54, 1.807) is 0 Å². The van der Waals surface area contributed by atoms with Crippen LogP contribution in [-0.2, 0) is 13.1 Å². The molecule has 104 valence electrons. The molecule has 0 amide bonds. The fourth-order valence-electron chi connectivity index (χ4n) is 2.27. The Morgan fingerprint density at radius 1 is 1.26 bits per heavy atom. The molecule has 1 N–H and O–H groups in total. The van der Waals surface area contributed by atoms with Gasteiger partial charge in [0.1, 0.15) is 0 Å². The van der Waals surface area contributed by atoms with Crippen molar-refractivity contribution in [1.29, 1.82) is 0 Å². The van der Waals surface area contributed by atoms with Crippen LogP contribution in [0.25, 0.3) is 10.9 Å². The van der Waals surface area contributed by atoms with Crippen LogP contribution in [0.4, 0.5) is 0 Å². The number of nitrogens with zero attached hydrogens (tertiary/aromatic N) is 1. The zero-order valence-electron chi connectivity index (χ0n) is 12.3. The quantitative estimate of drug-likeness (QED) is 0.865. The zero-order valence-corrected chi connectivity index (χ0v) is 13.0. The lowest BCUT2D eigenvalue weighted by Crippen LogP contribution is -2.34. The number of rotatable bonds is 4. The van der Waals surface area contributed by atoms with Gasteiger partial charge in [-0.3, -0.25) is 0 Å². The van der Waals surface area contributed by atoms with Gasteiger partial charge in [0, 0.05) is 40.8 Å². The van der Waals surface area contributed by atoms with Crippen molar-refractivity contribution in [2.75, 3.05) is 0 Å². The molecule has 0 saturated heterocycles. The Morgan fingerprint density at radius 2 is 2.00 bits per heavy atom. The number of halogens is 1. The van der Waals surface area contributed by atoms with Crippen LogP contribution in [0.5, 0.6) is 0 Å². The molecule has 2 nitrogen and oxygen atoms in total. The van der Waals surface area contributed by atoms with Gasteiger partial charge in [-0.1, -0.05) is 24.6 Å². The summed E-state index contributed by atoms with van der Waals surface area (Å²) in [6, 6.07) is 6.16. The minimum absolute atomic E-state index is 0.131. The zero-order chi connectivity index (χ0) is 14.0. The van der Waals surface area contributed by atoms with Crippen LogP contribution in [0.2, 0.25) is 5.02 Å². The molecule has 0 fully saturated rings. The van der Waals surface area contributed by atoms with Crippen LogP contribution >= 0.6 is 11.6 Å². The first-order valence-electron chi connectivity index (χ1n) is 6.93. The van der Waals surface area contributed by atoms with E-state index in [1.807, 2.05) is 6.07 Å². The van der Waals surface area contributed by atoms with E-state index in [4.69, 9.17) is 11.6 Å². The summed E-state index contributed by atoms with van der Waals surface area (Å²) >= 11 is 6.12. The highest BCUT2D eigenvalue weighted by Crippen LogP contribution is 2.25. The maximum absolute atomic E-state index is 6.12. The molecule has 0 aliphatic rings. The molecule has 0 atom stereocenters. The van der Waals surface area contributed by atoms with E-state index >= 15 is 0 Å². The summed E-state index contributed by atoms with van der Waals surface area (Å²) in [5, 5.41) is 5.66. The minimum atomic E-state index is 0.131. The molecular formula is C16H23ClN2. The number of aromatic nitrogens is 1. The minimum Gasteiger partial charge on any atom is -0.347 e. The Labute approximate surface area is 120 Å². The molecule has 19 heavy (non-hydrogen) atoms. The highest BCUT2D eigenvalue weighted by Gasteiger charge is 2.12. The van der Waals surface area contributed by atoms with Crippen LogP contribution in [0.1, 0.15) is 39.7 Å². The number of aryl methyl sites for hydroxylation is 1. The molecule has 1 aromatic carbocycles. The molecule has 0 aliphatic carbocycles. The SMILES string of the molecule is CCCn1cc(CNC(C)(C)C)c2ccc(Cl)cc21. The van der Waals surface area contributed by atoms with Crippen molar-refractivity contribution in [1.82, 2.24) is 9.88 Å². The van der Waals surface area contributed by atoms with Gasteiger partial charge in [0.2, 0.25) is 0 Å². The van der Waals surface area contributed by atoms with Gasteiger partial charge >= 0.3 is 0 Å². The summed E-state index contributed by atoms with van der Waals surface area (Å²) in [6.45, 7) is 10.7. The molecule has 0 spiro atoms. The highest BCUT2D eigenvalue weighted by molar-refractivity contribution is 6.31. The topological polar surface area (TPSA) is 17.0 Å². The van der Waals surface area contributed by atoms with Crippen molar-refractivity contribution < 1.29 is 0 Å². The number of nitrogens with one attached hydrogen (secondary N) is 1. The lowest BCUT2D eigenvalue weighted by atomic mass is 10.1. The first kappa shape index (κ1) is 14.4. The Balaban J connectivity index is 2.38. The fourth-order valence-corrected chi connectivity index (χ4v) is 2.43. The predicted octanol–water partition coefficient (Wildman–Crippen LogP) is 4.59. The first-order valence-corrected chi connectivity index (χ1v) is 7.31. The van der Waals surface area contributed by atoms with Gasteiger partial charge in [-0.15, -0.1) is 0 Å². The number of hydrogen-bond donors (Lipinski definition) is 1. The predicted molar refractivity (Wildman–Crippen MR) is 83.8 cm³/mol. The molecule has 2 aromatic rings. The second kappa shape index (κ2) is 5.56. The van der Waals surface area contributed by atoms with Gasteiger partial charge < -0.3 is 9.88 Å². The molecule has 0 aliphatic heterocycles. The van der Waals surface area contributed by atoms with Gasteiger partial charge in [-0.25, -0.2) is 0 Å². The third kappa shape index (κ3) is 3.52. The molecule has 0 unspecified atom stereocenters. The van der Waals surface area contributed by atoms with Gasteiger partial charge in [0.15, 0.2) is 0 Å². The Morgan fingerprint density at radius 3 is 2.63 bits per heavy atom. The lowest BCUT2D eigenvalue weighted by molar-refractivity contribution is 0.425. The largest absolute Gasteiger partial charge is 0.347 e. The fraction of sp³-hybridized carbons (Fsp3) is 0.500. The smallest absolute Gasteiger partial charge is 0.0498 e. The van der Waals surface area contributed by atoms with Crippen molar-refractivity contribution in [2.24, 2.45) is 0 Å². The first-order chi connectivity index (χ1) is 8.90. The summed E-state index contributed by atoms with van der Waals surface area (Å²) in [4.78, 5) is 0. The van der Waals surface area contributed by atoms with Crippen LogP contribution in [0, 0.1) is 0 Å². The van der Waals surface area contributed by atoms with Crippen molar-refractivity contribution in [3.8, 4) is 0 Å². The van der Waals surface area contributed by atoms with Gasteiger partial charge in [0.25, 0.3) is 0 Å². The van der Waals surface area contributed by atoms with E-state index in [0.29, 0.717) is 0 Å². The Kier molecular flexibility index (Phi) is 4.22. The third-order valence-electron chi connectivity index (χ3n) is 3.20. The van der Waals surface area contributed by atoms with Crippen molar-refractivity contribution >= 4 is 22.5 Å². The van der Waals surface area contributed by atoms with E-state index in [9.17, 15) is 0 Å². The number of fused-ring (bicyclic) bond motifs is 1. The Bertz CT molecular complexity index is 564. The molecular weight excluding hydrogens is 256 g/mol. The van der Waals surface area contributed by atoms with Gasteiger partial charge in [-0.05, 0) is 44.9 Å². The van der Waals surface area contributed by atoms with Crippen molar-refractivity contribution in [3.05, 3.63) is 35.0 Å². The molecule has 0 saturated carbocycles. The van der Waals surface area contributed by atoms with Crippen LogP contribution < -0.4 is 5.32 Å². The molecule has 0 bridgehead atoms. The average Bonchev–Trinajstić information content (AvgIpc) is 2.64. The summed E-state index contributed by atoms with van der Waals surface area (Å²) < 4.78 is 2.31. The summed E-state index contributed by atoms with van der Waals surface area (Å²) in [5.41, 5.74) is 2.71. The maximum Gasteiger partial charge on any atom is 0.0498 e. The van der Waals surface area contributed by atoms with Crippen LogP contribution in [-0.4, -0.2) is 10.1 Å². The summed E-state index contributed by atoms with van der Waals surface area (Å²) in [6.07, 6.45) is 3.38. The third-order valence-corrected chi connectivity index (χ3v) is 3.44. The number of hydrogen-bond acceptors (Lipinski definition) is 1. The molecule has 0 radical (unpaired) electrons. The van der Waals surface area contributed by atoms with Crippen LogP contribution in [0.3, 0.4) is 0 Å². The van der Waals surface area contributed by atoms with Crippen molar-refractivity contribution in [3.63, 3.8) is 0 Å².